The topological polar surface area (TPSA) is 46.6 Å². The van der Waals surface area contributed by atoms with Gasteiger partial charge in [0.2, 0.25) is 5.91 Å². The Morgan fingerprint density at radius 2 is 1.60 bits per heavy atom. The minimum atomic E-state index is -0.306. The zero-order valence-corrected chi connectivity index (χ0v) is 18.6. The third-order valence-electron chi connectivity index (χ3n) is 5.58. The highest BCUT2D eigenvalue weighted by molar-refractivity contribution is 6.30. The molecule has 0 spiro atoms. The lowest BCUT2D eigenvalue weighted by Gasteiger charge is -2.39. The monoisotopic (exact) mass is 447 g/mol. The van der Waals surface area contributed by atoms with Gasteiger partial charge < -0.3 is 9.64 Å². The van der Waals surface area contributed by atoms with Crippen LogP contribution in [0.15, 0.2) is 54.6 Å². The molecule has 2 aromatic carbocycles. The molecule has 4 nitrogen and oxygen atoms in total. The summed E-state index contributed by atoms with van der Waals surface area (Å²) in [6.07, 6.45) is 4.17. The van der Waals surface area contributed by atoms with E-state index >= 15 is 0 Å². The number of hydrogen-bond donors (Lipinski definition) is 0. The maximum Gasteiger partial charge on any atom is 0.306 e. The predicted octanol–water partition coefficient (Wildman–Crippen LogP) is 5.93. The van der Waals surface area contributed by atoms with Crippen LogP contribution in [0.3, 0.4) is 0 Å². The summed E-state index contributed by atoms with van der Waals surface area (Å²) in [6.45, 7) is 0.795. The van der Waals surface area contributed by atoms with Crippen LogP contribution in [0.1, 0.15) is 43.7 Å². The molecule has 2 atom stereocenters. The summed E-state index contributed by atoms with van der Waals surface area (Å²) in [5.41, 5.74) is 1.12. The van der Waals surface area contributed by atoms with Crippen molar-refractivity contribution in [3.63, 3.8) is 0 Å². The van der Waals surface area contributed by atoms with Crippen molar-refractivity contribution in [1.82, 2.24) is 4.90 Å². The number of likely N-dealkylation sites (tertiary alicyclic amines) is 1. The van der Waals surface area contributed by atoms with Gasteiger partial charge in [-0.05, 0) is 61.4 Å². The first-order chi connectivity index (χ1) is 14.5. The number of carbonyl (C=O) groups excluding carboxylic acids is 2. The molecule has 4 rings (SSSR count). The van der Waals surface area contributed by atoms with Crippen LogP contribution in [0.5, 0.6) is 0 Å². The third-order valence-corrected chi connectivity index (χ3v) is 6.08. The number of piperidine rings is 1. The van der Waals surface area contributed by atoms with Crippen LogP contribution >= 0.6 is 23.2 Å². The van der Waals surface area contributed by atoms with E-state index in [0.29, 0.717) is 10.9 Å². The lowest BCUT2D eigenvalue weighted by molar-refractivity contribution is -0.150. The number of carbonyl (C=O) groups is 2. The molecule has 0 aromatic heterocycles. The van der Waals surface area contributed by atoms with Crippen LogP contribution in [0.25, 0.3) is 0 Å². The number of halogens is 2. The summed E-state index contributed by atoms with van der Waals surface area (Å²) < 4.78 is 4.73. The van der Waals surface area contributed by atoms with Crippen molar-refractivity contribution in [3.05, 3.63) is 70.2 Å². The molecule has 0 N–H and O–H groups in total. The zero-order valence-electron chi connectivity index (χ0n) is 17.1. The first-order valence-electron chi connectivity index (χ1n) is 10.3. The Balaban J connectivity index is 0.000000310. The van der Waals surface area contributed by atoms with Crippen LogP contribution in [-0.4, -0.2) is 30.4 Å². The lowest BCUT2D eigenvalue weighted by atomic mass is 9.86. The van der Waals surface area contributed by atoms with Crippen molar-refractivity contribution >= 4 is 35.1 Å². The van der Waals surface area contributed by atoms with Gasteiger partial charge in [0.15, 0.2) is 0 Å². The molecule has 2 aromatic rings. The van der Waals surface area contributed by atoms with Gasteiger partial charge in [0.05, 0.1) is 19.6 Å². The fourth-order valence-corrected chi connectivity index (χ4v) is 4.01. The van der Waals surface area contributed by atoms with E-state index in [9.17, 15) is 9.59 Å². The van der Waals surface area contributed by atoms with Crippen molar-refractivity contribution in [1.29, 1.82) is 0 Å². The number of amides is 1. The normalized spacial score (nSPS) is 20.9. The maximum absolute atomic E-state index is 12.9. The van der Waals surface area contributed by atoms with Crippen LogP contribution in [0.4, 0.5) is 0 Å². The Hall–Kier alpha value is -2.04. The van der Waals surface area contributed by atoms with Gasteiger partial charge in [-0.15, -0.1) is 0 Å². The summed E-state index contributed by atoms with van der Waals surface area (Å²) in [6, 6.07) is 17.3. The SMILES string of the molecule is COC(=O)CC1CC[C@@H](c2ccc(Cl)cc2)N(CC2CC2)C1=O.Clc1ccccc1. The summed E-state index contributed by atoms with van der Waals surface area (Å²) in [7, 11) is 1.37. The zero-order chi connectivity index (χ0) is 21.5. The molecular weight excluding hydrogens is 421 g/mol. The van der Waals surface area contributed by atoms with Crippen molar-refractivity contribution < 1.29 is 14.3 Å². The van der Waals surface area contributed by atoms with E-state index in [2.05, 4.69) is 0 Å². The highest BCUT2D eigenvalue weighted by Crippen LogP contribution is 2.40. The van der Waals surface area contributed by atoms with Crippen molar-refractivity contribution in [2.75, 3.05) is 13.7 Å². The Bertz CT molecular complexity index is 837. The highest BCUT2D eigenvalue weighted by atomic mass is 35.5. The summed E-state index contributed by atoms with van der Waals surface area (Å²) in [5.74, 6) is 0.156. The number of rotatable bonds is 5. The maximum atomic E-state index is 12.9. The molecule has 1 unspecified atom stereocenters. The lowest BCUT2D eigenvalue weighted by Crippen LogP contribution is -2.45. The summed E-state index contributed by atoms with van der Waals surface area (Å²) in [4.78, 5) is 26.4. The molecule has 6 heteroatoms. The van der Waals surface area contributed by atoms with E-state index in [1.807, 2.05) is 59.5 Å². The number of esters is 1. The van der Waals surface area contributed by atoms with Gasteiger partial charge in [-0.1, -0.05) is 53.5 Å². The first kappa shape index (κ1) is 22.6. The van der Waals surface area contributed by atoms with Gasteiger partial charge in [0.25, 0.3) is 0 Å². The number of nitrogens with zero attached hydrogens (tertiary/aromatic N) is 1. The Labute approximate surface area is 188 Å². The van der Waals surface area contributed by atoms with Gasteiger partial charge in [-0.3, -0.25) is 9.59 Å². The minimum absolute atomic E-state index is 0.0912. The van der Waals surface area contributed by atoms with Crippen molar-refractivity contribution in [2.45, 2.75) is 38.1 Å². The first-order valence-corrected chi connectivity index (χ1v) is 11.1. The van der Waals surface area contributed by atoms with E-state index in [4.69, 9.17) is 27.9 Å². The smallest absolute Gasteiger partial charge is 0.306 e. The second kappa shape index (κ2) is 10.8. The van der Waals surface area contributed by atoms with Crippen LogP contribution in [0, 0.1) is 11.8 Å². The Morgan fingerprint density at radius 1 is 0.967 bits per heavy atom. The van der Waals surface area contributed by atoms with E-state index in [0.717, 1.165) is 30.0 Å². The molecule has 1 saturated heterocycles. The van der Waals surface area contributed by atoms with Crippen molar-refractivity contribution in [3.8, 4) is 0 Å². The highest BCUT2D eigenvalue weighted by Gasteiger charge is 2.39. The molecule has 2 aliphatic rings. The third kappa shape index (κ3) is 6.48. The molecule has 1 heterocycles. The van der Waals surface area contributed by atoms with E-state index in [-0.39, 0.29) is 30.3 Å². The Kier molecular flexibility index (Phi) is 8.17. The van der Waals surface area contributed by atoms with E-state index in [1.54, 1.807) is 0 Å². The number of methoxy groups -OCH3 is 1. The molecule has 1 amide bonds. The average molecular weight is 448 g/mol. The molecular formula is C24H27Cl2NO3. The molecule has 1 saturated carbocycles. The van der Waals surface area contributed by atoms with Gasteiger partial charge >= 0.3 is 5.97 Å². The minimum Gasteiger partial charge on any atom is -0.469 e. The van der Waals surface area contributed by atoms with Crippen molar-refractivity contribution in [2.24, 2.45) is 11.8 Å². The van der Waals surface area contributed by atoms with Crippen LogP contribution < -0.4 is 0 Å². The molecule has 1 aliphatic carbocycles. The Morgan fingerprint density at radius 3 is 2.13 bits per heavy atom. The molecule has 30 heavy (non-hydrogen) atoms. The fourth-order valence-electron chi connectivity index (χ4n) is 3.74. The van der Waals surface area contributed by atoms with E-state index in [1.165, 1.54) is 20.0 Å². The molecule has 0 bridgehead atoms. The van der Waals surface area contributed by atoms with Crippen LogP contribution in [0.2, 0.25) is 10.0 Å². The fraction of sp³-hybridized carbons (Fsp3) is 0.417. The molecule has 1 aliphatic heterocycles. The molecule has 160 valence electrons. The average Bonchev–Trinajstić information content (AvgIpc) is 3.57. The second-order valence-electron chi connectivity index (χ2n) is 7.85. The van der Waals surface area contributed by atoms with Gasteiger partial charge in [-0.25, -0.2) is 0 Å². The summed E-state index contributed by atoms with van der Waals surface area (Å²) in [5, 5.41) is 1.50. The van der Waals surface area contributed by atoms with Gasteiger partial charge in [0, 0.05) is 22.5 Å². The number of ether oxygens (including phenoxy) is 1. The predicted molar refractivity (Wildman–Crippen MR) is 119 cm³/mol. The summed E-state index contributed by atoms with van der Waals surface area (Å²) >= 11 is 11.5. The van der Waals surface area contributed by atoms with E-state index < -0.39 is 0 Å². The standard InChI is InChI=1S/C18H22ClNO3.C6H5Cl/c1-23-17(21)10-14-6-9-16(13-4-7-15(19)8-5-13)20(18(14)22)11-12-2-3-12;7-6-4-2-1-3-5-6/h4-5,7-8,12,14,16H,2-3,6,9-11H2,1H3;1-5H/t14?,16-;/m0./s1. The van der Waals surface area contributed by atoms with Gasteiger partial charge in [0.1, 0.15) is 0 Å². The second-order valence-corrected chi connectivity index (χ2v) is 8.72. The van der Waals surface area contributed by atoms with Crippen LogP contribution in [-0.2, 0) is 14.3 Å². The quantitative estimate of drug-likeness (QED) is 0.533. The molecule has 2 fully saturated rings. The van der Waals surface area contributed by atoms with Gasteiger partial charge in [-0.2, -0.15) is 0 Å². The number of benzene rings is 2. The number of hydrogen-bond acceptors (Lipinski definition) is 3. The molecule has 0 radical (unpaired) electrons. The largest absolute Gasteiger partial charge is 0.469 e.